The fourth-order valence-electron chi connectivity index (χ4n) is 1.62. The van der Waals surface area contributed by atoms with Crippen LogP contribution in [0, 0.1) is 0 Å². The van der Waals surface area contributed by atoms with E-state index >= 15 is 0 Å². The van der Waals surface area contributed by atoms with E-state index in [0.29, 0.717) is 5.84 Å². The number of aliphatic imine (C=N–C) groups is 1. The molecule has 1 aromatic carbocycles. The Hall–Kier alpha value is -1.84. The molecule has 1 aromatic rings. The van der Waals surface area contributed by atoms with Gasteiger partial charge in [-0.25, -0.2) is 0 Å². The second-order valence-electron chi connectivity index (χ2n) is 3.62. The molecule has 1 aliphatic heterocycles. The molecule has 1 amide bonds. The number of amides is 1. The van der Waals surface area contributed by atoms with Gasteiger partial charge in [-0.3, -0.25) is 9.79 Å². The Labute approximate surface area is 94.3 Å². The number of nitrogens with zero attached hydrogens (tertiary/aromatic N) is 1. The van der Waals surface area contributed by atoms with E-state index in [1.54, 1.807) is 7.11 Å². The lowest BCUT2D eigenvalue weighted by Gasteiger charge is -2.02. The van der Waals surface area contributed by atoms with Gasteiger partial charge in [0.2, 0.25) is 5.91 Å². The van der Waals surface area contributed by atoms with Crippen molar-refractivity contribution in [2.24, 2.45) is 4.99 Å². The number of methoxy groups -OCH3 is 1. The normalized spacial score (nSPS) is 19.2. The first kappa shape index (κ1) is 10.7. The van der Waals surface area contributed by atoms with Crippen molar-refractivity contribution in [3.63, 3.8) is 0 Å². The minimum atomic E-state index is -0.239. The van der Waals surface area contributed by atoms with Gasteiger partial charge in [0, 0.05) is 5.56 Å². The molecule has 1 heterocycles. The molecule has 1 aliphatic rings. The van der Waals surface area contributed by atoms with Crippen LogP contribution in [0.4, 0.5) is 0 Å². The standard InChI is InChI=1S/C12H14N2O2/c1-3-10-12(15)14-11(13-10)8-4-6-9(16-2)7-5-8/h4-7,10H,3H2,1-2H3,(H,13,14,15). The Morgan fingerprint density at radius 3 is 2.56 bits per heavy atom. The first-order valence-corrected chi connectivity index (χ1v) is 5.27. The van der Waals surface area contributed by atoms with Crippen molar-refractivity contribution in [2.45, 2.75) is 19.4 Å². The molecule has 84 valence electrons. The van der Waals surface area contributed by atoms with E-state index in [4.69, 9.17) is 4.74 Å². The average Bonchev–Trinajstić information content (AvgIpc) is 2.71. The number of amidine groups is 1. The number of hydrogen-bond donors (Lipinski definition) is 1. The van der Waals surface area contributed by atoms with Crippen LogP contribution < -0.4 is 10.1 Å². The van der Waals surface area contributed by atoms with E-state index in [0.717, 1.165) is 17.7 Å². The summed E-state index contributed by atoms with van der Waals surface area (Å²) in [4.78, 5) is 15.8. The van der Waals surface area contributed by atoms with Crippen LogP contribution in [0.15, 0.2) is 29.3 Å². The number of benzene rings is 1. The fourth-order valence-corrected chi connectivity index (χ4v) is 1.62. The van der Waals surface area contributed by atoms with Crippen LogP contribution in [0.1, 0.15) is 18.9 Å². The lowest BCUT2D eigenvalue weighted by Crippen LogP contribution is -2.28. The number of carbonyl (C=O) groups is 1. The van der Waals surface area contributed by atoms with Crippen molar-refractivity contribution in [2.75, 3.05) is 7.11 Å². The van der Waals surface area contributed by atoms with Gasteiger partial charge >= 0.3 is 0 Å². The Balaban J connectivity index is 2.22. The van der Waals surface area contributed by atoms with E-state index < -0.39 is 0 Å². The van der Waals surface area contributed by atoms with Gasteiger partial charge in [-0.1, -0.05) is 6.92 Å². The maximum absolute atomic E-state index is 11.5. The predicted molar refractivity (Wildman–Crippen MR) is 61.8 cm³/mol. The topological polar surface area (TPSA) is 50.7 Å². The lowest BCUT2D eigenvalue weighted by molar-refractivity contribution is -0.120. The molecule has 0 fully saturated rings. The number of nitrogens with one attached hydrogen (secondary N) is 1. The second kappa shape index (κ2) is 4.35. The smallest absolute Gasteiger partial charge is 0.250 e. The van der Waals surface area contributed by atoms with E-state index in [9.17, 15) is 4.79 Å². The number of hydrogen-bond acceptors (Lipinski definition) is 3. The summed E-state index contributed by atoms with van der Waals surface area (Å²) in [5.41, 5.74) is 0.908. The van der Waals surface area contributed by atoms with Crippen molar-refractivity contribution < 1.29 is 9.53 Å². The van der Waals surface area contributed by atoms with Crippen LogP contribution in [0.2, 0.25) is 0 Å². The van der Waals surface area contributed by atoms with Crippen LogP contribution in [-0.4, -0.2) is 24.9 Å². The lowest BCUT2D eigenvalue weighted by atomic mass is 10.2. The minimum Gasteiger partial charge on any atom is -0.497 e. The minimum absolute atomic E-state index is 0.0201. The molecule has 16 heavy (non-hydrogen) atoms. The molecule has 0 spiro atoms. The molecule has 1 N–H and O–H groups in total. The summed E-state index contributed by atoms with van der Waals surface area (Å²) in [6.45, 7) is 1.95. The zero-order valence-corrected chi connectivity index (χ0v) is 9.36. The molecule has 2 rings (SSSR count). The molecule has 4 heteroatoms. The number of ether oxygens (including phenoxy) is 1. The van der Waals surface area contributed by atoms with Crippen molar-refractivity contribution >= 4 is 11.7 Å². The van der Waals surface area contributed by atoms with Gasteiger partial charge in [0.05, 0.1) is 7.11 Å². The summed E-state index contributed by atoms with van der Waals surface area (Å²) in [5, 5.41) is 2.78. The summed E-state index contributed by atoms with van der Waals surface area (Å²) in [6, 6.07) is 7.23. The van der Waals surface area contributed by atoms with E-state index in [-0.39, 0.29) is 11.9 Å². The quantitative estimate of drug-likeness (QED) is 0.832. The summed E-state index contributed by atoms with van der Waals surface area (Å²) in [5.74, 6) is 1.42. The average molecular weight is 218 g/mol. The first-order valence-electron chi connectivity index (χ1n) is 5.27. The van der Waals surface area contributed by atoms with Crippen LogP contribution in [0.25, 0.3) is 0 Å². The molecule has 0 aromatic heterocycles. The van der Waals surface area contributed by atoms with Crippen LogP contribution in [0.3, 0.4) is 0 Å². The maximum atomic E-state index is 11.5. The summed E-state index contributed by atoms with van der Waals surface area (Å²) in [7, 11) is 1.62. The van der Waals surface area contributed by atoms with Gasteiger partial charge in [0.25, 0.3) is 0 Å². The van der Waals surface area contributed by atoms with Gasteiger partial charge in [0.15, 0.2) is 0 Å². The SMILES string of the molecule is CCC1N=C(c2ccc(OC)cc2)NC1=O. The van der Waals surface area contributed by atoms with Gasteiger partial charge in [-0.05, 0) is 30.7 Å². The molecule has 4 nitrogen and oxygen atoms in total. The molecule has 0 saturated carbocycles. The third-order valence-corrected chi connectivity index (χ3v) is 2.58. The predicted octanol–water partition coefficient (Wildman–Crippen LogP) is 1.35. The third-order valence-electron chi connectivity index (χ3n) is 2.58. The first-order chi connectivity index (χ1) is 7.74. The monoisotopic (exact) mass is 218 g/mol. The van der Waals surface area contributed by atoms with Gasteiger partial charge in [-0.2, -0.15) is 0 Å². The van der Waals surface area contributed by atoms with Crippen molar-refractivity contribution in [1.82, 2.24) is 5.32 Å². The molecule has 1 atom stereocenters. The number of carbonyl (C=O) groups excluding carboxylic acids is 1. The van der Waals surface area contributed by atoms with E-state index in [1.807, 2.05) is 31.2 Å². The van der Waals surface area contributed by atoms with Crippen molar-refractivity contribution in [3.8, 4) is 5.75 Å². The highest BCUT2D eigenvalue weighted by Gasteiger charge is 2.24. The van der Waals surface area contributed by atoms with Crippen LogP contribution in [0.5, 0.6) is 5.75 Å². The van der Waals surface area contributed by atoms with Crippen LogP contribution in [-0.2, 0) is 4.79 Å². The number of rotatable bonds is 3. The zero-order valence-electron chi connectivity index (χ0n) is 9.36. The second-order valence-corrected chi connectivity index (χ2v) is 3.62. The van der Waals surface area contributed by atoms with E-state index in [1.165, 1.54) is 0 Å². The molecular formula is C12H14N2O2. The highest BCUT2D eigenvalue weighted by molar-refractivity contribution is 6.13. The van der Waals surface area contributed by atoms with Gasteiger partial charge in [-0.15, -0.1) is 0 Å². The van der Waals surface area contributed by atoms with Gasteiger partial charge in [0.1, 0.15) is 17.6 Å². The summed E-state index contributed by atoms with van der Waals surface area (Å²) >= 11 is 0. The third kappa shape index (κ3) is 1.91. The molecule has 0 radical (unpaired) electrons. The van der Waals surface area contributed by atoms with Crippen molar-refractivity contribution in [1.29, 1.82) is 0 Å². The molecule has 0 aliphatic carbocycles. The maximum Gasteiger partial charge on any atom is 0.250 e. The summed E-state index contributed by atoms with van der Waals surface area (Å²) < 4.78 is 5.07. The van der Waals surface area contributed by atoms with Gasteiger partial charge < -0.3 is 10.1 Å². The Morgan fingerprint density at radius 1 is 1.38 bits per heavy atom. The largest absolute Gasteiger partial charge is 0.497 e. The van der Waals surface area contributed by atoms with Crippen LogP contribution >= 0.6 is 0 Å². The Bertz CT molecular complexity index is 423. The van der Waals surface area contributed by atoms with Crippen molar-refractivity contribution in [3.05, 3.63) is 29.8 Å². The molecule has 0 saturated heterocycles. The zero-order chi connectivity index (χ0) is 11.5. The van der Waals surface area contributed by atoms with E-state index in [2.05, 4.69) is 10.3 Å². The highest BCUT2D eigenvalue weighted by atomic mass is 16.5. The molecule has 0 bridgehead atoms. The highest BCUT2D eigenvalue weighted by Crippen LogP contribution is 2.14. The molecular weight excluding hydrogens is 204 g/mol. The summed E-state index contributed by atoms with van der Waals surface area (Å²) in [6.07, 6.45) is 0.728. The Morgan fingerprint density at radius 2 is 2.06 bits per heavy atom. The molecule has 1 unspecified atom stereocenters. The Kier molecular flexibility index (Phi) is 2.90. The fraction of sp³-hybridized carbons (Fsp3) is 0.333.